The van der Waals surface area contributed by atoms with Crippen molar-refractivity contribution in [1.29, 1.82) is 0 Å². The molecule has 0 spiro atoms. The first-order valence-electron chi connectivity index (χ1n) is 28.4. The van der Waals surface area contributed by atoms with E-state index in [2.05, 4.69) is 235 Å². The van der Waals surface area contributed by atoms with Gasteiger partial charge in [-0.1, -0.05) is 220 Å². The molecule has 10 aromatic rings. The molecule has 1 aliphatic heterocycles. The van der Waals surface area contributed by atoms with Crippen molar-refractivity contribution < 1.29 is 9.31 Å². The molecule has 8 heteroatoms. The van der Waals surface area contributed by atoms with Crippen LogP contribution in [-0.2, 0) is 22.2 Å². The third kappa shape index (κ3) is 14.2. The van der Waals surface area contributed by atoms with Gasteiger partial charge in [-0.2, -0.15) is 0 Å². The number of hydrogen-bond acceptors (Lipinski definition) is 4. The molecule has 4 nitrogen and oxygen atoms in total. The maximum atomic E-state index is 6.73. The zero-order chi connectivity index (χ0) is 58.9. The molecule has 0 aliphatic carbocycles. The van der Waals surface area contributed by atoms with Crippen molar-refractivity contribution in [3.8, 4) is 55.9 Å². The fourth-order valence-corrected chi connectivity index (χ4v) is 11.8. The van der Waals surface area contributed by atoms with Crippen LogP contribution in [0.25, 0.3) is 77.4 Å². The standard InChI is InChI=1S/C34H32ClN.C24H26ClN.C16H18BClO2/c1-22-16-23(2)18-27(17-22)32-19-29(25-14-12-24(13-15-25)20-34(3,4)5)30(21-36-32)28-10-6-8-26-9-7-11-31(35)33(26)28;1-16-10-17(2)12-20(11-16)23-13-21(22(25)15-26-23)19-8-6-18(7-9-19)14-24(3,4)5;1-15(2)16(3,4)20-17(19-15)12-9-5-7-11-8-6-10-13(18)14(11)12/h6-19,21H,20H2,1-5H3;6-13,15H,14H2,1-5H3;5-10H,1-4H3. The lowest BCUT2D eigenvalue weighted by Gasteiger charge is -2.32. The number of halogens is 3. The van der Waals surface area contributed by atoms with Crippen molar-refractivity contribution in [2.75, 3.05) is 0 Å². The quantitative estimate of drug-likeness (QED) is 0.142. The number of benzene rings is 8. The van der Waals surface area contributed by atoms with Crippen LogP contribution in [0.1, 0.15) is 103 Å². The Kier molecular flexibility index (Phi) is 17.8. The topological polar surface area (TPSA) is 44.2 Å². The van der Waals surface area contributed by atoms with E-state index < -0.39 is 0 Å². The summed E-state index contributed by atoms with van der Waals surface area (Å²) in [6.45, 7) is 30.3. The molecule has 1 aliphatic rings. The van der Waals surface area contributed by atoms with Gasteiger partial charge in [0.15, 0.2) is 0 Å². The number of nitrogens with zero attached hydrogens (tertiary/aromatic N) is 2. The molecule has 0 radical (unpaired) electrons. The average molecular weight is 1140 g/mol. The van der Waals surface area contributed by atoms with E-state index in [1.54, 1.807) is 6.20 Å². The van der Waals surface area contributed by atoms with Crippen molar-refractivity contribution in [2.45, 2.75) is 121 Å². The summed E-state index contributed by atoms with van der Waals surface area (Å²) in [5, 5.41) is 6.47. The Morgan fingerprint density at radius 2 is 0.805 bits per heavy atom. The summed E-state index contributed by atoms with van der Waals surface area (Å²) < 4.78 is 12.3. The molecule has 82 heavy (non-hydrogen) atoms. The molecule has 0 atom stereocenters. The van der Waals surface area contributed by atoms with Crippen LogP contribution >= 0.6 is 34.8 Å². The van der Waals surface area contributed by atoms with Crippen LogP contribution in [0.15, 0.2) is 182 Å². The summed E-state index contributed by atoms with van der Waals surface area (Å²) in [7, 11) is -0.386. The number of aryl methyl sites for hydroxylation is 4. The lowest BCUT2D eigenvalue weighted by molar-refractivity contribution is 0.00578. The van der Waals surface area contributed by atoms with Gasteiger partial charge in [0.25, 0.3) is 0 Å². The second-order valence-corrected chi connectivity index (χ2v) is 26.9. The van der Waals surface area contributed by atoms with Gasteiger partial charge in [-0.3, -0.25) is 9.97 Å². The molecule has 11 rings (SSSR count). The molecule has 3 heterocycles. The lowest BCUT2D eigenvalue weighted by Crippen LogP contribution is -2.41. The molecule has 0 bridgehead atoms. The normalized spacial score (nSPS) is 13.8. The molecule has 0 N–H and O–H groups in total. The second-order valence-electron chi connectivity index (χ2n) is 25.7. The molecule has 8 aromatic carbocycles. The predicted octanol–water partition coefficient (Wildman–Crippen LogP) is 21.2. The number of rotatable bonds is 8. The van der Waals surface area contributed by atoms with Crippen LogP contribution in [0.5, 0.6) is 0 Å². The van der Waals surface area contributed by atoms with Crippen LogP contribution in [-0.4, -0.2) is 28.3 Å². The first kappa shape index (κ1) is 60.0. The maximum absolute atomic E-state index is 6.73. The molecular weight excluding hydrogens is 1070 g/mol. The third-order valence-corrected chi connectivity index (χ3v) is 16.3. The average Bonchev–Trinajstić information content (AvgIpc) is 3.79. The van der Waals surface area contributed by atoms with Gasteiger partial charge in [0.1, 0.15) is 0 Å². The molecule has 0 unspecified atom stereocenters. The van der Waals surface area contributed by atoms with Crippen molar-refractivity contribution >= 4 is 68.9 Å². The highest BCUT2D eigenvalue weighted by atomic mass is 35.5. The fourth-order valence-electron chi connectivity index (χ4n) is 11.0. The minimum atomic E-state index is -0.386. The highest BCUT2D eigenvalue weighted by Crippen LogP contribution is 2.42. The van der Waals surface area contributed by atoms with E-state index in [9.17, 15) is 0 Å². The van der Waals surface area contributed by atoms with Crippen LogP contribution < -0.4 is 5.46 Å². The number of pyridine rings is 2. The summed E-state index contributed by atoms with van der Waals surface area (Å²) in [5.74, 6) is 0. The molecular formula is C74H76BCl3N2O2. The van der Waals surface area contributed by atoms with Gasteiger partial charge in [0.05, 0.1) is 27.6 Å². The highest BCUT2D eigenvalue weighted by Gasteiger charge is 2.52. The number of fused-ring (bicyclic) bond motifs is 2. The summed E-state index contributed by atoms with van der Waals surface area (Å²) in [6, 6.07) is 59.6. The van der Waals surface area contributed by atoms with Crippen molar-refractivity contribution in [3.63, 3.8) is 0 Å². The van der Waals surface area contributed by atoms with Gasteiger partial charge in [-0.05, 0) is 177 Å². The fraction of sp³-hybridized carbons (Fsp3) is 0.270. The minimum Gasteiger partial charge on any atom is -0.399 e. The Balaban J connectivity index is 0.000000155. The van der Waals surface area contributed by atoms with Gasteiger partial charge in [0.2, 0.25) is 0 Å². The first-order chi connectivity index (χ1) is 38.7. The van der Waals surface area contributed by atoms with E-state index in [-0.39, 0.29) is 29.2 Å². The summed E-state index contributed by atoms with van der Waals surface area (Å²) in [6.07, 6.45) is 5.88. The number of aromatic nitrogens is 2. The third-order valence-electron chi connectivity index (χ3n) is 15.3. The SMILES string of the molecule is CC1(C)OB(c2cccc3cccc(Cl)c23)OC1(C)C.Cc1cc(C)cc(-c2cc(-c3ccc(CC(C)(C)C)cc3)c(-c3cccc4cccc(Cl)c34)cn2)c1.Cc1cc(C)cc(-c2cc(-c3ccc(CC(C)(C)C)cc3)c(Cl)cn2)c1. The maximum Gasteiger partial charge on any atom is 0.495 e. The van der Waals surface area contributed by atoms with E-state index in [1.165, 1.54) is 38.9 Å². The van der Waals surface area contributed by atoms with Gasteiger partial charge in [0, 0.05) is 55.5 Å². The minimum absolute atomic E-state index is 0.249. The predicted molar refractivity (Wildman–Crippen MR) is 353 cm³/mol. The van der Waals surface area contributed by atoms with Crippen LogP contribution in [0.2, 0.25) is 15.1 Å². The molecule has 1 saturated heterocycles. The van der Waals surface area contributed by atoms with Crippen LogP contribution in [0.4, 0.5) is 0 Å². The smallest absolute Gasteiger partial charge is 0.399 e. The summed E-state index contributed by atoms with van der Waals surface area (Å²) in [5.41, 5.74) is 19.4. The van der Waals surface area contributed by atoms with E-state index in [1.807, 2.05) is 42.6 Å². The van der Waals surface area contributed by atoms with E-state index in [0.717, 1.165) is 100 Å². The van der Waals surface area contributed by atoms with Crippen molar-refractivity contribution in [2.24, 2.45) is 10.8 Å². The largest absolute Gasteiger partial charge is 0.495 e. The zero-order valence-corrected chi connectivity index (χ0v) is 52.4. The zero-order valence-electron chi connectivity index (χ0n) is 50.2. The molecule has 0 amide bonds. The summed E-state index contributed by atoms with van der Waals surface area (Å²) in [4.78, 5) is 9.50. The lowest BCUT2D eigenvalue weighted by atomic mass is 9.76. The Labute approximate surface area is 503 Å². The van der Waals surface area contributed by atoms with Gasteiger partial charge in [-0.25, -0.2) is 0 Å². The highest BCUT2D eigenvalue weighted by molar-refractivity contribution is 6.66. The van der Waals surface area contributed by atoms with Crippen LogP contribution in [0, 0.1) is 38.5 Å². The van der Waals surface area contributed by atoms with E-state index >= 15 is 0 Å². The summed E-state index contributed by atoms with van der Waals surface area (Å²) >= 11 is 19.6. The van der Waals surface area contributed by atoms with Gasteiger partial charge >= 0.3 is 7.12 Å². The van der Waals surface area contributed by atoms with Crippen molar-refractivity contribution in [3.05, 3.63) is 231 Å². The molecule has 1 fully saturated rings. The van der Waals surface area contributed by atoms with E-state index in [4.69, 9.17) is 49.1 Å². The Hall–Kier alpha value is -6.57. The monoisotopic (exact) mass is 1140 g/mol. The van der Waals surface area contributed by atoms with E-state index in [0.29, 0.717) is 5.02 Å². The van der Waals surface area contributed by atoms with Gasteiger partial charge in [-0.15, -0.1) is 0 Å². The Bertz CT molecular complexity index is 3860. The van der Waals surface area contributed by atoms with Crippen molar-refractivity contribution in [1.82, 2.24) is 9.97 Å². The van der Waals surface area contributed by atoms with Gasteiger partial charge < -0.3 is 9.31 Å². The molecule has 418 valence electrons. The molecule has 2 aromatic heterocycles. The Morgan fingerprint density at radius 3 is 1.28 bits per heavy atom. The second kappa shape index (κ2) is 24.3. The first-order valence-corrected chi connectivity index (χ1v) is 29.6. The Morgan fingerprint density at radius 1 is 0.402 bits per heavy atom. The number of hydrogen-bond donors (Lipinski definition) is 0. The molecule has 0 saturated carbocycles. The van der Waals surface area contributed by atoms with Crippen LogP contribution in [0.3, 0.4) is 0 Å².